The Morgan fingerprint density at radius 3 is 2.33 bits per heavy atom. The van der Waals surface area contributed by atoms with Gasteiger partial charge in [0.25, 0.3) is 0 Å². The predicted molar refractivity (Wildman–Crippen MR) is 107 cm³/mol. The summed E-state index contributed by atoms with van der Waals surface area (Å²) in [7, 11) is 0. The zero-order chi connectivity index (χ0) is 18.9. The molecule has 2 aromatic carbocycles. The zero-order valence-electron chi connectivity index (χ0n) is 14.9. The molecule has 0 fully saturated rings. The van der Waals surface area contributed by atoms with Gasteiger partial charge in [0, 0.05) is 11.4 Å². The van der Waals surface area contributed by atoms with Gasteiger partial charge in [-0.05, 0) is 67.1 Å². The van der Waals surface area contributed by atoms with E-state index in [9.17, 15) is 5.11 Å². The molecule has 0 saturated heterocycles. The maximum Gasteiger partial charge on any atom is 0.139 e. The summed E-state index contributed by atoms with van der Waals surface area (Å²) in [5.74, 6) is 1.35. The van der Waals surface area contributed by atoms with E-state index in [1.54, 1.807) is 36.5 Å². The van der Waals surface area contributed by atoms with Gasteiger partial charge < -0.3 is 5.11 Å². The minimum atomic E-state index is 0.302. The number of thioether (sulfide) groups is 1. The van der Waals surface area contributed by atoms with Crippen molar-refractivity contribution in [3.8, 4) is 11.8 Å². The van der Waals surface area contributed by atoms with Crippen LogP contribution >= 0.6 is 11.8 Å². The molecule has 0 amide bonds. The van der Waals surface area contributed by atoms with Crippen LogP contribution in [0.2, 0.25) is 0 Å². The summed E-state index contributed by atoms with van der Waals surface area (Å²) in [5, 5.41) is 28.2. The van der Waals surface area contributed by atoms with Gasteiger partial charge in [-0.1, -0.05) is 6.42 Å². The first-order valence-electron chi connectivity index (χ1n) is 8.81. The van der Waals surface area contributed by atoms with Crippen LogP contribution in [0.1, 0.15) is 24.8 Å². The first kappa shape index (κ1) is 18.8. The van der Waals surface area contributed by atoms with Crippen molar-refractivity contribution in [3.05, 3.63) is 66.7 Å². The van der Waals surface area contributed by atoms with Crippen molar-refractivity contribution in [1.29, 1.82) is 5.26 Å². The molecule has 0 aliphatic heterocycles. The molecular weight excluding hydrogens is 358 g/mol. The fourth-order valence-electron chi connectivity index (χ4n) is 2.68. The van der Waals surface area contributed by atoms with Crippen LogP contribution in [0.3, 0.4) is 0 Å². The fourth-order valence-corrected chi connectivity index (χ4v) is 3.59. The van der Waals surface area contributed by atoms with E-state index in [2.05, 4.69) is 21.3 Å². The average Bonchev–Trinajstić information content (AvgIpc) is 3.23. The van der Waals surface area contributed by atoms with Crippen molar-refractivity contribution in [1.82, 2.24) is 14.9 Å². The lowest BCUT2D eigenvalue weighted by molar-refractivity contribution is 0.475. The number of nitrogens with zero attached hydrogens (tertiary/aromatic N) is 5. The number of hydrogen-bond acceptors (Lipinski definition) is 6. The molecule has 3 rings (SSSR count). The van der Waals surface area contributed by atoms with Crippen molar-refractivity contribution < 1.29 is 5.11 Å². The summed E-state index contributed by atoms with van der Waals surface area (Å²) >= 11 is 1.81. The third kappa shape index (κ3) is 5.50. The van der Waals surface area contributed by atoms with Crippen LogP contribution in [0.5, 0.6) is 5.75 Å². The van der Waals surface area contributed by atoms with Crippen LogP contribution < -0.4 is 5.01 Å². The number of phenols is 1. The molecule has 0 saturated carbocycles. The molecule has 1 N–H and O–H groups in total. The number of hydrogen-bond donors (Lipinski definition) is 1. The van der Waals surface area contributed by atoms with E-state index < -0.39 is 0 Å². The second kappa shape index (κ2) is 9.64. The number of aromatic hydroxyl groups is 1. The molecule has 27 heavy (non-hydrogen) atoms. The van der Waals surface area contributed by atoms with E-state index >= 15 is 0 Å². The highest BCUT2D eigenvalue weighted by Gasteiger charge is 2.09. The number of rotatable bonds is 9. The minimum Gasteiger partial charge on any atom is -0.508 e. The second-order valence-electron chi connectivity index (χ2n) is 6.03. The summed E-state index contributed by atoms with van der Waals surface area (Å²) in [5.41, 5.74) is 1.65. The van der Waals surface area contributed by atoms with Gasteiger partial charge in [-0.25, -0.2) is 4.68 Å². The quantitative estimate of drug-likeness (QED) is 0.446. The van der Waals surface area contributed by atoms with Gasteiger partial charge in [0.1, 0.15) is 18.4 Å². The fraction of sp³-hybridized carbons (Fsp3) is 0.250. The molecule has 0 radical (unpaired) electrons. The van der Waals surface area contributed by atoms with Crippen molar-refractivity contribution in [2.24, 2.45) is 0 Å². The Morgan fingerprint density at radius 1 is 0.963 bits per heavy atom. The molecule has 1 aromatic heterocycles. The molecule has 0 aliphatic carbocycles. The Hall–Kier alpha value is -2.98. The van der Waals surface area contributed by atoms with Gasteiger partial charge in [0.2, 0.25) is 0 Å². The van der Waals surface area contributed by atoms with E-state index in [1.807, 2.05) is 41.1 Å². The Labute approximate surface area is 163 Å². The molecule has 3 aromatic rings. The number of unbranched alkanes of at least 4 members (excludes halogenated alkanes) is 2. The summed E-state index contributed by atoms with van der Waals surface area (Å²) in [6.45, 7) is 0.841. The summed E-state index contributed by atoms with van der Waals surface area (Å²) in [6, 6.07) is 17.0. The maximum atomic E-state index is 9.31. The first-order valence-corrected chi connectivity index (χ1v) is 9.79. The number of anilines is 1. The topological polar surface area (TPSA) is 78.0 Å². The molecule has 0 spiro atoms. The van der Waals surface area contributed by atoms with Crippen LogP contribution in [0.15, 0.2) is 66.1 Å². The number of nitriles is 1. The van der Waals surface area contributed by atoms with Gasteiger partial charge in [-0.15, -0.1) is 22.0 Å². The van der Waals surface area contributed by atoms with Gasteiger partial charge >= 0.3 is 0 Å². The Kier molecular flexibility index (Phi) is 6.72. The van der Waals surface area contributed by atoms with E-state index in [0.717, 1.165) is 37.2 Å². The molecule has 0 unspecified atom stereocenters. The lowest BCUT2D eigenvalue weighted by atomic mass is 10.2. The molecule has 1 heterocycles. The highest BCUT2D eigenvalue weighted by Crippen LogP contribution is 2.22. The minimum absolute atomic E-state index is 0.302. The molecule has 0 bridgehead atoms. The molecule has 0 aliphatic rings. The van der Waals surface area contributed by atoms with E-state index in [1.165, 1.54) is 4.90 Å². The summed E-state index contributed by atoms with van der Waals surface area (Å²) < 4.78 is 1.87. The molecule has 138 valence electrons. The van der Waals surface area contributed by atoms with Crippen molar-refractivity contribution >= 4 is 17.4 Å². The number of benzene rings is 2. The van der Waals surface area contributed by atoms with E-state index in [0.29, 0.717) is 11.3 Å². The highest BCUT2D eigenvalue weighted by atomic mass is 32.2. The first-order chi connectivity index (χ1) is 13.3. The van der Waals surface area contributed by atoms with Crippen LogP contribution in [0.25, 0.3) is 0 Å². The smallest absolute Gasteiger partial charge is 0.139 e. The summed E-state index contributed by atoms with van der Waals surface area (Å²) in [6.07, 6.45) is 6.63. The van der Waals surface area contributed by atoms with Crippen molar-refractivity contribution in [3.63, 3.8) is 0 Å². The van der Waals surface area contributed by atoms with E-state index in [4.69, 9.17) is 5.26 Å². The average molecular weight is 379 g/mol. The molecular formula is C20H21N5OS. The predicted octanol–water partition coefficient (Wildman–Crippen LogP) is 4.09. The third-order valence-electron chi connectivity index (χ3n) is 4.10. The van der Waals surface area contributed by atoms with Gasteiger partial charge in [0.15, 0.2) is 0 Å². The number of phenolic OH excluding ortho intramolecular Hbond substituents is 1. The van der Waals surface area contributed by atoms with Gasteiger partial charge in [0.05, 0.1) is 17.3 Å². The Balaban J connectivity index is 1.48. The lowest BCUT2D eigenvalue weighted by Crippen LogP contribution is -2.29. The highest BCUT2D eigenvalue weighted by molar-refractivity contribution is 7.99. The largest absolute Gasteiger partial charge is 0.508 e. The molecule has 0 atom stereocenters. The normalized spacial score (nSPS) is 10.5. The van der Waals surface area contributed by atoms with Gasteiger partial charge in [-0.3, -0.25) is 5.01 Å². The Bertz CT molecular complexity index is 857. The van der Waals surface area contributed by atoms with Crippen LogP contribution in [-0.4, -0.2) is 32.3 Å². The molecule has 7 heteroatoms. The zero-order valence-corrected chi connectivity index (χ0v) is 15.7. The van der Waals surface area contributed by atoms with Crippen LogP contribution in [-0.2, 0) is 0 Å². The van der Waals surface area contributed by atoms with Crippen molar-refractivity contribution in [2.45, 2.75) is 24.2 Å². The third-order valence-corrected chi connectivity index (χ3v) is 5.20. The SMILES string of the molecule is N#Cc1ccc(N(CCCCCSc2ccc(O)cc2)n2cnnc2)cc1. The second-order valence-corrected chi connectivity index (χ2v) is 7.20. The summed E-state index contributed by atoms with van der Waals surface area (Å²) in [4.78, 5) is 1.18. The maximum absolute atomic E-state index is 9.31. The standard InChI is InChI=1S/C20H21N5OS/c21-14-17-4-6-18(7-5-17)25(24-15-22-23-16-24)12-2-1-3-13-27-20-10-8-19(26)9-11-20/h4-11,15-16,26H,1-3,12-13H2. The van der Waals surface area contributed by atoms with Crippen LogP contribution in [0.4, 0.5) is 5.69 Å². The van der Waals surface area contributed by atoms with Crippen LogP contribution in [0, 0.1) is 11.3 Å². The Morgan fingerprint density at radius 2 is 1.67 bits per heavy atom. The van der Waals surface area contributed by atoms with Crippen molar-refractivity contribution in [2.75, 3.05) is 17.3 Å². The number of aromatic nitrogens is 3. The lowest BCUT2D eigenvalue weighted by Gasteiger charge is -2.24. The van der Waals surface area contributed by atoms with Gasteiger partial charge in [-0.2, -0.15) is 5.26 Å². The molecule has 6 nitrogen and oxygen atoms in total. The van der Waals surface area contributed by atoms with E-state index in [-0.39, 0.29) is 0 Å². The monoisotopic (exact) mass is 379 g/mol.